The molecule has 1 saturated heterocycles. The minimum Gasteiger partial charge on any atom is -0.381 e. The summed E-state index contributed by atoms with van der Waals surface area (Å²) in [6, 6.07) is 11.0. The topological polar surface area (TPSA) is 24.1 Å². The molecule has 0 radical (unpaired) electrons. The van der Waals surface area contributed by atoms with E-state index in [0.717, 1.165) is 6.54 Å². The lowest BCUT2D eigenvalue weighted by atomic mass is 10.1. The Bertz CT molecular complexity index is 248. The van der Waals surface area contributed by atoms with Crippen LogP contribution < -0.4 is 10.6 Å². The minimum atomic E-state index is 0. The van der Waals surface area contributed by atoms with Gasteiger partial charge in [0.25, 0.3) is 0 Å². The molecule has 2 nitrogen and oxygen atoms in total. The van der Waals surface area contributed by atoms with Crippen LogP contribution in [0.4, 0.5) is 5.69 Å². The summed E-state index contributed by atoms with van der Waals surface area (Å²) in [5, 5.41) is 6.91. The maximum absolute atomic E-state index is 3.52. The molecule has 1 heterocycles. The van der Waals surface area contributed by atoms with Gasteiger partial charge in [-0.25, -0.2) is 0 Å². The van der Waals surface area contributed by atoms with Gasteiger partial charge in [-0.1, -0.05) is 18.2 Å². The Balaban J connectivity index is 0.000000980. The molecule has 1 aromatic carbocycles. The Morgan fingerprint density at radius 2 is 1.87 bits per heavy atom. The first-order valence-corrected chi connectivity index (χ1v) is 4.97. The van der Waals surface area contributed by atoms with E-state index in [-0.39, 0.29) is 24.8 Å². The molecule has 1 aliphatic heterocycles. The number of hydrogen-bond donors (Lipinski definition) is 2. The SMILES string of the molecule is Cl.Cl.c1ccc(NC2CCCNC2)cc1. The summed E-state index contributed by atoms with van der Waals surface area (Å²) < 4.78 is 0. The van der Waals surface area contributed by atoms with Crippen LogP contribution >= 0.6 is 24.8 Å². The fourth-order valence-corrected chi connectivity index (χ4v) is 1.75. The van der Waals surface area contributed by atoms with Crippen molar-refractivity contribution in [3.05, 3.63) is 30.3 Å². The molecule has 0 saturated carbocycles. The third-order valence-electron chi connectivity index (χ3n) is 2.44. The predicted octanol–water partition coefficient (Wildman–Crippen LogP) is 2.69. The molecule has 1 unspecified atom stereocenters. The summed E-state index contributed by atoms with van der Waals surface area (Å²) in [6.45, 7) is 2.27. The highest BCUT2D eigenvalue weighted by molar-refractivity contribution is 5.85. The Hall–Kier alpha value is -0.440. The second kappa shape index (κ2) is 7.80. The average Bonchev–Trinajstić information content (AvgIpc) is 2.21. The van der Waals surface area contributed by atoms with Gasteiger partial charge in [0.05, 0.1) is 0 Å². The molecule has 2 rings (SSSR count). The third kappa shape index (κ3) is 4.74. The van der Waals surface area contributed by atoms with E-state index in [1.165, 1.54) is 25.1 Å². The second-order valence-electron chi connectivity index (χ2n) is 3.55. The number of anilines is 1. The molecule has 4 heteroatoms. The maximum Gasteiger partial charge on any atom is 0.0386 e. The lowest BCUT2D eigenvalue weighted by Gasteiger charge is -2.24. The summed E-state index contributed by atoms with van der Waals surface area (Å²) in [7, 11) is 0. The lowest BCUT2D eigenvalue weighted by molar-refractivity contribution is 0.480. The molecule has 1 atom stereocenters. The van der Waals surface area contributed by atoms with Gasteiger partial charge in [0.15, 0.2) is 0 Å². The molecule has 1 aliphatic rings. The van der Waals surface area contributed by atoms with Crippen LogP contribution in [0.25, 0.3) is 0 Å². The highest BCUT2D eigenvalue weighted by atomic mass is 35.5. The van der Waals surface area contributed by atoms with E-state index in [4.69, 9.17) is 0 Å². The van der Waals surface area contributed by atoms with Crippen molar-refractivity contribution < 1.29 is 0 Å². The van der Waals surface area contributed by atoms with Crippen molar-refractivity contribution in [2.24, 2.45) is 0 Å². The van der Waals surface area contributed by atoms with Crippen LogP contribution in [-0.2, 0) is 0 Å². The smallest absolute Gasteiger partial charge is 0.0386 e. The van der Waals surface area contributed by atoms with Gasteiger partial charge in [-0.15, -0.1) is 24.8 Å². The summed E-state index contributed by atoms with van der Waals surface area (Å²) in [6.07, 6.45) is 2.56. The van der Waals surface area contributed by atoms with Crippen molar-refractivity contribution in [3.63, 3.8) is 0 Å². The van der Waals surface area contributed by atoms with Gasteiger partial charge in [-0.3, -0.25) is 0 Å². The van der Waals surface area contributed by atoms with Gasteiger partial charge in [-0.2, -0.15) is 0 Å². The molecule has 86 valence electrons. The standard InChI is InChI=1S/C11H16N2.2ClH/c1-2-5-10(6-3-1)13-11-7-4-8-12-9-11;;/h1-3,5-6,11-13H,4,7-9H2;2*1H. The van der Waals surface area contributed by atoms with Crippen LogP contribution in [0.3, 0.4) is 0 Å². The summed E-state index contributed by atoms with van der Waals surface area (Å²) in [4.78, 5) is 0. The van der Waals surface area contributed by atoms with E-state index in [0.29, 0.717) is 6.04 Å². The number of hydrogen-bond acceptors (Lipinski definition) is 2. The zero-order chi connectivity index (χ0) is 8.93. The Labute approximate surface area is 104 Å². The van der Waals surface area contributed by atoms with Crippen LogP contribution in [0, 0.1) is 0 Å². The quantitative estimate of drug-likeness (QED) is 0.842. The zero-order valence-electron chi connectivity index (χ0n) is 8.61. The van der Waals surface area contributed by atoms with E-state index in [2.05, 4.69) is 34.9 Å². The molecule has 15 heavy (non-hydrogen) atoms. The number of piperidine rings is 1. The largest absolute Gasteiger partial charge is 0.381 e. The molecule has 1 aromatic rings. The van der Waals surface area contributed by atoms with Gasteiger partial charge in [0.2, 0.25) is 0 Å². The highest BCUT2D eigenvalue weighted by Gasteiger charge is 2.11. The molecule has 0 aromatic heterocycles. The fourth-order valence-electron chi connectivity index (χ4n) is 1.75. The first-order chi connectivity index (χ1) is 6.45. The number of halogens is 2. The van der Waals surface area contributed by atoms with Crippen LogP contribution in [0.2, 0.25) is 0 Å². The number of rotatable bonds is 2. The van der Waals surface area contributed by atoms with E-state index in [1.807, 2.05) is 6.07 Å². The molecule has 0 bridgehead atoms. The van der Waals surface area contributed by atoms with Crippen molar-refractivity contribution in [2.75, 3.05) is 18.4 Å². The van der Waals surface area contributed by atoms with Gasteiger partial charge in [0, 0.05) is 18.3 Å². The van der Waals surface area contributed by atoms with Crippen molar-refractivity contribution in [1.29, 1.82) is 0 Å². The number of para-hydroxylation sites is 1. The predicted molar refractivity (Wildman–Crippen MR) is 70.5 cm³/mol. The minimum absolute atomic E-state index is 0. The molecular formula is C11H18Cl2N2. The first-order valence-electron chi connectivity index (χ1n) is 4.97. The highest BCUT2D eigenvalue weighted by Crippen LogP contribution is 2.11. The Kier molecular flexibility index (Phi) is 7.57. The van der Waals surface area contributed by atoms with Crippen LogP contribution in [0.5, 0.6) is 0 Å². The Morgan fingerprint density at radius 3 is 2.47 bits per heavy atom. The number of benzene rings is 1. The van der Waals surface area contributed by atoms with Gasteiger partial charge in [0.1, 0.15) is 0 Å². The number of nitrogens with one attached hydrogen (secondary N) is 2. The van der Waals surface area contributed by atoms with Crippen molar-refractivity contribution in [3.8, 4) is 0 Å². The second-order valence-corrected chi connectivity index (χ2v) is 3.55. The maximum atomic E-state index is 3.52. The zero-order valence-corrected chi connectivity index (χ0v) is 10.2. The van der Waals surface area contributed by atoms with E-state index >= 15 is 0 Å². The summed E-state index contributed by atoms with van der Waals surface area (Å²) in [5.74, 6) is 0. The fraction of sp³-hybridized carbons (Fsp3) is 0.455. The van der Waals surface area contributed by atoms with Crippen molar-refractivity contribution in [2.45, 2.75) is 18.9 Å². The van der Waals surface area contributed by atoms with Crippen LogP contribution in [0.15, 0.2) is 30.3 Å². The molecular weight excluding hydrogens is 231 g/mol. The Morgan fingerprint density at radius 1 is 1.13 bits per heavy atom. The van der Waals surface area contributed by atoms with Gasteiger partial charge < -0.3 is 10.6 Å². The van der Waals surface area contributed by atoms with E-state index in [9.17, 15) is 0 Å². The molecule has 2 N–H and O–H groups in total. The van der Waals surface area contributed by atoms with E-state index < -0.39 is 0 Å². The third-order valence-corrected chi connectivity index (χ3v) is 2.44. The molecule has 0 aliphatic carbocycles. The molecule has 1 fully saturated rings. The molecule has 0 amide bonds. The van der Waals surface area contributed by atoms with E-state index in [1.54, 1.807) is 0 Å². The van der Waals surface area contributed by atoms with Crippen molar-refractivity contribution in [1.82, 2.24) is 5.32 Å². The average molecular weight is 249 g/mol. The van der Waals surface area contributed by atoms with Gasteiger partial charge in [-0.05, 0) is 31.5 Å². The van der Waals surface area contributed by atoms with Crippen molar-refractivity contribution >= 4 is 30.5 Å². The summed E-state index contributed by atoms with van der Waals surface area (Å²) >= 11 is 0. The monoisotopic (exact) mass is 248 g/mol. The summed E-state index contributed by atoms with van der Waals surface area (Å²) in [5.41, 5.74) is 1.23. The van der Waals surface area contributed by atoms with Crippen LogP contribution in [-0.4, -0.2) is 19.1 Å². The van der Waals surface area contributed by atoms with Gasteiger partial charge >= 0.3 is 0 Å². The molecule has 0 spiro atoms. The van der Waals surface area contributed by atoms with Crippen LogP contribution in [0.1, 0.15) is 12.8 Å². The lowest BCUT2D eigenvalue weighted by Crippen LogP contribution is -2.38. The normalized spacial score (nSPS) is 19.6. The first kappa shape index (κ1) is 14.6.